The lowest BCUT2D eigenvalue weighted by molar-refractivity contribution is 0.311. The van der Waals surface area contributed by atoms with Gasteiger partial charge in [0.1, 0.15) is 5.75 Å². The molecule has 0 saturated carbocycles. The predicted molar refractivity (Wildman–Crippen MR) is 95.1 cm³/mol. The number of methoxy groups -OCH3 is 1. The van der Waals surface area contributed by atoms with Crippen LogP contribution < -0.4 is 4.74 Å². The van der Waals surface area contributed by atoms with Crippen molar-refractivity contribution in [2.75, 3.05) is 14.2 Å². The fourth-order valence-corrected chi connectivity index (χ4v) is 2.97. The smallest absolute Gasteiger partial charge is 0.165 e. The lowest BCUT2D eigenvalue weighted by atomic mass is 9.95. The summed E-state index contributed by atoms with van der Waals surface area (Å²) in [5, 5.41) is 10.2. The SMILES string of the molecule is COc1ccc(CN(C)Cc2cc(C(C)C)c(C)cc2O)cc1F. The number of benzene rings is 2. The Morgan fingerprint density at radius 2 is 1.88 bits per heavy atom. The number of ether oxygens (including phenoxy) is 1. The first-order valence-corrected chi connectivity index (χ1v) is 8.15. The van der Waals surface area contributed by atoms with Gasteiger partial charge in [0.2, 0.25) is 0 Å². The fourth-order valence-electron chi connectivity index (χ4n) is 2.97. The van der Waals surface area contributed by atoms with Gasteiger partial charge in [-0.05, 0) is 54.8 Å². The van der Waals surface area contributed by atoms with Crippen LogP contribution in [0.25, 0.3) is 0 Å². The van der Waals surface area contributed by atoms with E-state index in [0.29, 0.717) is 24.8 Å². The van der Waals surface area contributed by atoms with E-state index in [9.17, 15) is 9.50 Å². The van der Waals surface area contributed by atoms with E-state index < -0.39 is 0 Å². The Morgan fingerprint density at radius 3 is 2.46 bits per heavy atom. The number of nitrogens with zero attached hydrogens (tertiary/aromatic N) is 1. The quantitative estimate of drug-likeness (QED) is 0.839. The van der Waals surface area contributed by atoms with Gasteiger partial charge in [0.15, 0.2) is 11.6 Å². The molecule has 24 heavy (non-hydrogen) atoms. The molecule has 0 saturated heterocycles. The molecule has 0 heterocycles. The number of phenols is 1. The summed E-state index contributed by atoms with van der Waals surface area (Å²) in [4.78, 5) is 2.05. The van der Waals surface area contributed by atoms with Crippen LogP contribution in [0.3, 0.4) is 0 Å². The summed E-state index contributed by atoms with van der Waals surface area (Å²) in [6.07, 6.45) is 0. The molecule has 0 aliphatic carbocycles. The molecule has 0 spiro atoms. The van der Waals surface area contributed by atoms with Gasteiger partial charge in [-0.25, -0.2) is 4.39 Å². The molecular formula is C20H26FNO2. The molecule has 4 heteroatoms. The van der Waals surface area contributed by atoms with Crippen LogP contribution in [0.1, 0.15) is 42.0 Å². The van der Waals surface area contributed by atoms with Crippen LogP contribution in [0.15, 0.2) is 30.3 Å². The van der Waals surface area contributed by atoms with Crippen LogP contribution in [0.4, 0.5) is 4.39 Å². The van der Waals surface area contributed by atoms with Crippen molar-refractivity contribution >= 4 is 0 Å². The van der Waals surface area contributed by atoms with Crippen molar-refractivity contribution in [3.05, 3.63) is 58.4 Å². The van der Waals surface area contributed by atoms with Gasteiger partial charge in [-0.15, -0.1) is 0 Å². The van der Waals surface area contributed by atoms with Gasteiger partial charge in [-0.1, -0.05) is 26.0 Å². The molecule has 0 aromatic heterocycles. The summed E-state index contributed by atoms with van der Waals surface area (Å²) >= 11 is 0. The lowest BCUT2D eigenvalue weighted by Gasteiger charge is -2.20. The Bertz CT molecular complexity index is 713. The van der Waals surface area contributed by atoms with Crippen LogP contribution in [0.2, 0.25) is 0 Å². The summed E-state index contributed by atoms with van der Waals surface area (Å²) in [5.41, 5.74) is 4.10. The maximum atomic E-state index is 13.8. The maximum Gasteiger partial charge on any atom is 0.165 e. The summed E-state index contributed by atoms with van der Waals surface area (Å²) in [6, 6.07) is 8.88. The van der Waals surface area contributed by atoms with E-state index in [4.69, 9.17) is 4.74 Å². The Hall–Kier alpha value is -2.07. The van der Waals surface area contributed by atoms with E-state index >= 15 is 0 Å². The van der Waals surface area contributed by atoms with Crippen molar-refractivity contribution in [3.63, 3.8) is 0 Å². The second kappa shape index (κ2) is 7.67. The van der Waals surface area contributed by atoms with E-state index in [2.05, 4.69) is 24.8 Å². The van der Waals surface area contributed by atoms with Crippen LogP contribution in [-0.2, 0) is 13.1 Å². The second-order valence-electron chi connectivity index (χ2n) is 6.63. The number of hydrogen-bond acceptors (Lipinski definition) is 3. The number of rotatable bonds is 6. The summed E-state index contributed by atoms with van der Waals surface area (Å²) < 4.78 is 18.7. The first-order valence-electron chi connectivity index (χ1n) is 8.15. The maximum absolute atomic E-state index is 13.8. The lowest BCUT2D eigenvalue weighted by Crippen LogP contribution is -2.17. The number of phenolic OH excluding ortho intramolecular Hbond substituents is 1. The minimum Gasteiger partial charge on any atom is -0.508 e. The van der Waals surface area contributed by atoms with E-state index in [1.54, 1.807) is 6.07 Å². The minimum atomic E-state index is -0.358. The Morgan fingerprint density at radius 1 is 1.17 bits per heavy atom. The van der Waals surface area contributed by atoms with Crippen molar-refractivity contribution in [3.8, 4) is 11.5 Å². The standard InChI is InChI=1S/C20H26FNO2/c1-13(2)17-10-16(19(23)8-14(17)3)12-22(4)11-15-6-7-20(24-5)18(21)9-15/h6-10,13,23H,11-12H2,1-5H3. The third-order valence-corrected chi connectivity index (χ3v) is 4.20. The summed E-state index contributed by atoms with van der Waals surface area (Å²) in [7, 11) is 3.41. The second-order valence-corrected chi connectivity index (χ2v) is 6.63. The van der Waals surface area contributed by atoms with Crippen molar-refractivity contribution in [1.82, 2.24) is 4.90 Å². The van der Waals surface area contributed by atoms with Gasteiger partial charge in [-0.3, -0.25) is 4.90 Å². The Balaban J connectivity index is 2.13. The van der Waals surface area contributed by atoms with Crippen LogP contribution in [-0.4, -0.2) is 24.2 Å². The van der Waals surface area contributed by atoms with Gasteiger partial charge in [-0.2, -0.15) is 0 Å². The number of halogens is 1. The molecule has 0 bridgehead atoms. The highest BCUT2D eigenvalue weighted by molar-refractivity contribution is 5.42. The summed E-state index contributed by atoms with van der Waals surface area (Å²) in [5.74, 6) is 0.609. The van der Waals surface area contributed by atoms with Crippen molar-refractivity contribution < 1.29 is 14.2 Å². The van der Waals surface area contributed by atoms with E-state index in [1.165, 1.54) is 18.7 Å². The molecule has 1 N–H and O–H groups in total. The highest BCUT2D eigenvalue weighted by atomic mass is 19.1. The van der Waals surface area contributed by atoms with Crippen LogP contribution in [0.5, 0.6) is 11.5 Å². The molecule has 2 aromatic carbocycles. The monoisotopic (exact) mass is 331 g/mol. The average Bonchev–Trinajstić information content (AvgIpc) is 2.49. The van der Waals surface area contributed by atoms with Crippen molar-refractivity contribution in [2.24, 2.45) is 0 Å². The molecule has 130 valence electrons. The zero-order valence-electron chi connectivity index (χ0n) is 15.1. The topological polar surface area (TPSA) is 32.7 Å². The molecule has 0 radical (unpaired) electrons. The third kappa shape index (κ3) is 4.26. The number of aromatic hydroxyl groups is 1. The van der Waals surface area contributed by atoms with E-state index in [1.807, 2.05) is 26.1 Å². The van der Waals surface area contributed by atoms with Gasteiger partial charge >= 0.3 is 0 Å². The van der Waals surface area contributed by atoms with Gasteiger partial charge in [0, 0.05) is 18.7 Å². The average molecular weight is 331 g/mol. The molecule has 3 nitrogen and oxygen atoms in total. The molecule has 0 amide bonds. The Kier molecular flexibility index (Phi) is 5.84. The highest BCUT2D eigenvalue weighted by Gasteiger charge is 2.12. The van der Waals surface area contributed by atoms with Crippen LogP contribution >= 0.6 is 0 Å². The zero-order chi connectivity index (χ0) is 17.9. The minimum absolute atomic E-state index is 0.249. The molecule has 0 aliphatic rings. The molecule has 2 aromatic rings. The predicted octanol–water partition coefficient (Wildman–Crippen LogP) is 4.60. The Labute approximate surface area is 143 Å². The molecule has 0 fully saturated rings. The van der Waals surface area contributed by atoms with Gasteiger partial charge < -0.3 is 9.84 Å². The highest BCUT2D eigenvalue weighted by Crippen LogP contribution is 2.28. The number of aryl methyl sites for hydroxylation is 1. The zero-order valence-corrected chi connectivity index (χ0v) is 15.1. The molecule has 0 atom stereocenters. The molecule has 0 aliphatic heterocycles. The first-order chi connectivity index (χ1) is 11.3. The van der Waals surface area contributed by atoms with Gasteiger partial charge in [0.05, 0.1) is 7.11 Å². The largest absolute Gasteiger partial charge is 0.508 e. The van der Waals surface area contributed by atoms with Crippen molar-refractivity contribution in [1.29, 1.82) is 0 Å². The van der Waals surface area contributed by atoms with E-state index in [0.717, 1.165) is 16.7 Å². The first kappa shape index (κ1) is 18.3. The normalized spacial score (nSPS) is 11.3. The summed E-state index contributed by atoms with van der Waals surface area (Å²) in [6.45, 7) is 7.49. The molecule has 2 rings (SSSR count). The van der Waals surface area contributed by atoms with Crippen LogP contribution in [0, 0.1) is 12.7 Å². The fraction of sp³-hybridized carbons (Fsp3) is 0.400. The third-order valence-electron chi connectivity index (χ3n) is 4.20. The molecular weight excluding hydrogens is 305 g/mol. The number of hydrogen-bond donors (Lipinski definition) is 1. The van der Waals surface area contributed by atoms with Crippen molar-refractivity contribution in [2.45, 2.75) is 39.8 Å². The van der Waals surface area contributed by atoms with E-state index in [-0.39, 0.29) is 11.6 Å². The van der Waals surface area contributed by atoms with Gasteiger partial charge in [0.25, 0.3) is 0 Å². The molecule has 0 unspecified atom stereocenters.